The Kier molecular flexibility index (Phi) is 4.57. The van der Waals surface area contributed by atoms with E-state index in [-0.39, 0.29) is 11.2 Å². The van der Waals surface area contributed by atoms with E-state index in [0.29, 0.717) is 18.0 Å². The maximum atomic E-state index is 12.7. The second-order valence-electron chi connectivity index (χ2n) is 5.96. The van der Waals surface area contributed by atoms with Gasteiger partial charge in [0.05, 0.1) is 5.41 Å². The summed E-state index contributed by atoms with van der Waals surface area (Å²) in [6.07, 6.45) is 0.644. The molecule has 0 saturated heterocycles. The largest absolute Gasteiger partial charge is 0.330 e. The summed E-state index contributed by atoms with van der Waals surface area (Å²) in [5.41, 5.74) is 5.74. The Morgan fingerprint density at radius 2 is 1.67 bits per heavy atom. The van der Waals surface area contributed by atoms with Crippen LogP contribution in [0.4, 0.5) is 0 Å². The zero-order chi connectivity index (χ0) is 14.0. The fourth-order valence-electron chi connectivity index (χ4n) is 2.32. The van der Waals surface area contributed by atoms with Crippen molar-refractivity contribution in [1.29, 1.82) is 0 Å². The number of nitrogens with two attached hydrogens (primary N) is 1. The van der Waals surface area contributed by atoms with E-state index in [4.69, 9.17) is 17.3 Å². The standard InChI is InChI=1S/C15H22ClNO/c1-14(2,3)13(18)15(4,9-10-17)11-5-7-12(16)8-6-11/h5-8H,9-10,17H2,1-4H3. The maximum Gasteiger partial charge on any atom is 0.148 e. The van der Waals surface area contributed by atoms with Gasteiger partial charge in [-0.05, 0) is 37.6 Å². The molecule has 100 valence electrons. The van der Waals surface area contributed by atoms with Crippen molar-refractivity contribution < 1.29 is 4.79 Å². The first-order valence-corrected chi connectivity index (χ1v) is 6.60. The number of carbonyl (C=O) groups is 1. The molecule has 0 heterocycles. The first-order valence-electron chi connectivity index (χ1n) is 6.23. The van der Waals surface area contributed by atoms with Gasteiger partial charge in [0.25, 0.3) is 0 Å². The summed E-state index contributed by atoms with van der Waals surface area (Å²) in [7, 11) is 0. The Labute approximate surface area is 115 Å². The van der Waals surface area contributed by atoms with E-state index < -0.39 is 5.41 Å². The number of Topliss-reactive ketones (excluding diaryl/α,β-unsaturated/α-hetero) is 1. The highest BCUT2D eigenvalue weighted by molar-refractivity contribution is 6.30. The van der Waals surface area contributed by atoms with Crippen LogP contribution in [0.3, 0.4) is 0 Å². The van der Waals surface area contributed by atoms with Crippen molar-refractivity contribution in [2.75, 3.05) is 6.54 Å². The molecule has 0 radical (unpaired) electrons. The van der Waals surface area contributed by atoms with Gasteiger partial charge in [-0.1, -0.05) is 44.5 Å². The molecule has 18 heavy (non-hydrogen) atoms. The molecule has 1 aromatic carbocycles. The van der Waals surface area contributed by atoms with Crippen molar-refractivity contribution in [1.82, 2.24) is 0 Å². The molecular weight excluding hydrogens is 246 g/mol. The summed E-state index contributed by atoms with van der Waals surface area (Å²) in [6.45, 7) is 8.29. The quantitative estimate of drug-likeness (QED) is 0.906. The summed E-state index contributed by atoms with van der Waals surface area (Å²) in [5.74, 6) is 0.211. The molecule has 1 rings (SSSR count). The van der Waals surface area contributed by atoms with Crippen molar-refractivity contribution in [3.63, 3.8) is 0 Å². The van der Waals surface area contributed by atoms with Crippen molar-refractivity contribution in [3.05, 3.63) is 34.9 Å². The van der Waals surface area contributed by atoms with Gasteiger partial charge in [0, 0.05) is 10.4 Å². The number of carbonyl (C=O) groups excluding carboxylic acids is 1. The van der Waals surface area contributed by atoms with Crippen LogP contribution in [0.25, 0.3) is 0 Å². The molecule has 2 N–H and O–H groups in total. The Morgan fingerprint density at radius 3 is 2.06 bits per heavy atom. The fourth-order valence-corrected chi connectivity index (χ4v) is 2.45. The lowest BCUT2D eigenvalue weighted by Gasteiger charge is -2.34. The summed E-state index contributed by atoms with van der Waals surface area (Å²) in [6, 6.07) is 7.48. The first-order chi connectivity index (χ1) is 8.21. The lowest BCUT2D eigenvalue weighted by atomic mass is 9.68. The second-order valence-corrected chi connectivity index (χ2v) is 6.39. The van der Waals surface area contributed by atoms with Gasteiger partial charge >= 0.3 is 0 Å². The van der Waals surface area contributed by atoms with Crippen molar-refractivity contribution in [2.24, 2.45) is 11.1 Å². The van der Waals surface area contributed by atoms with Crippen molar-refractivity contribution in [2.45, 2.75) is 39.5 Å². The minimum Gasteiger partial charge on any atom is -0.330 e. The van der Waals surface area contributed by atoms with Gasteiger partial charge < -0.3 is 5.73 Å². The van der Waals surface area contributed by atoms with E-state index in [0.717, 1.165) is 5.56 Å². The summed E-state index contributed by atoms with van der Waals surface area (Å²) < 4.78 is 0. The lowest BCUT2D eigenvalue weighted by Crippen LogP contribution is -2.42. The third-order valence-corrected chi connectivity index (χ3v) is 3.56. The number of halogens is 1. The maximum absolute atomic E-state index is 12.7. The SMILES string of the molecule is CC(C)(C)C(=O)C(C)(CCN)c1ccc(Cl)cc1. The Morgan fingerprint density at radius 1 is 1.17 bits per heavy atom. The molecule has 2 nitrogen and oxygen atoms in total. The summed E-state index contributed by atoms with van der Waals surface area (Å²) in [5, 5.41) is 0.678. The fraction of sp³-hybridized carbons (Fsp3) is 0.533. The van der Waals surface area contributed by atoms with Crippen LogP contribution in [0.2, 0.25) is 5.02 Å². The smallest absolute Gasteiger partial charge is 0.148 e. The normalized spacial score (nSPS) is 15.2. The molecule has 1 aromatic rings. The van der Waals surface area contributed by atoms with Crippen LogP contribution in [-0.2, 0) is 10.2 Å². The molecule has 1 atom stereocenters. The van der Waals surface area contributed by atoms with E-state index in [1.54, 1.807) is 0 Å². The van der Waals surface area contributed by atoms with Crippen LogP contribution in [-0.4, -0.2) is 12.3 Å². The Hall–Kier alpha value is -0.860. The van der Waals surface area contributed by atoms with Gasteiger partial charge in [-0.15, -0.1) is 0 Å². The third kappa shape index (κ3) is 3.12. The van der Waals surface area contributed by atoms with Crippen LogP contribution in [0, 0.1) is 5.41 Å². The first kappa shape index (κ1) is 15.2. The van der Waals surface area contributed by atoms with Crippen LogP contribution in [0.15, 0.2) is 24.3 Å². The summed E-state index contributed by atoms with van der Waals surface area (Å²) >= 11 is 5.90. The number of hydrogen-bond donors (Lipinski definition) is 1. The highest BCUT2D eigenvalue weighted by Crippen LogP contribution is 2.36. The molecule has 0 amide bonds. The molecule has 0 aliphatic carbocycles. The summed E-state index contributed by atoms with van der Waals surface area (Å²) in [4.78, 5) is 12.7. The molecule has 0 saturated carbocycles. The molecule has 0 spiro atoms. The van der Waals surface area contributed by atoms with Gasteiger partial charge in [-0.25, -0.2) is 0 Å². The zero-order valence-electron chi connectivity index (χ0n) is 11.6. The zero-order valence-corrected chi connectivity index (χ0v) is 12.3. The highest BCUT2D eigenvalue weighted by Gasteiger charge is 2.40. The monoisotopic (exact) mass is 267 g/mol. The highest BCUT2D eigenvalue weighted by atomic mass is 35.5. The molecule has 1 unspecified atom stereocenters. The second kappa shape index (κ2) is 5.41. The van der Waals surface area contributed by atoms with Crippen molar-refractivity contribution >= 4 is 17.4 Å². The molecular formula is C15H22ClNO. The molecule has 3 heteroatoms. The van der Waals surface area contributed by atoms with E-state index in [1.807, 2.05) is 52.0 Å². The Bertz CT molecular complexity index is 419. The predicted molar refractivity (Wildman–Crippen MR) is 76.9 cm³/mol. The van der Waals surface area contributed by atoms with E-state index in [1.165, 1.54) is 0 Å². The Balaban J connectivity index is 3.23. The van der Waals surface area contributed by atoms with E-state index in [9.17, 15) is 4.79 Å². The van der Waals surface area contributed by atoms with Crippen LogP contribution in [0.1, 0.15) is 39.7 Å². The molecule has 0 aromatic heterocycles. The van der Waals surface area contributed by atoms with Crippen LogP contribution in [0.5, 0.6) is 0 Å². The minimum atomic E-state index is -0.544. The van der Waals surface area contributed by atoms with Gasteiger partial charge in [-0.3, -0.25) is 4.79 Å². The molecule has 0 aliphatic heterocycles. The number of rotatable bonds is 4. The van der Waals surface area contributed by atoms with Gasteiger partial charge in [-0.2, -0.15) is 0 Å². The van der Waals surface area contributed by atoms with Crippen molar-refractivity contribution in [3.8, 4) is 0 Å². The molecule has 0 bridgehead atoms. The third-order valence-electron chi connectivity index (χ3n) is 3.31. The predicted octanol–water partition coefficient (Wildman–Crippen LogP) is 3.56. The number of benzene rings is 1. The van der Waals surface area contributed by atoms with Gasteiger partial charge in [0.1, 0.15) is 5.78 Å². The minimum absolute atomic E-state index is 0.211. The number of hydrogen-bond acceptors (Lipinski definition) is 2. The average molecular weight is 268 g/mol. The van der Waals surface area contributed by atoms with E-state index >= 15 is 0 Å². The topological polar surface area (TPSA) is 43.1 Å². The van der Waals surface area contributed by atoms with Gasteiger partial charge in [0.2, 0.25) is 0 Å². The molecule has 0 aliphatic rings. The van der Waals surface area contributed by atoms with Crippen LogP contribution >= 0.6 is 11.6 Å². The van der Waals surface area contributed by atoms with Crippen LogP contribution < -0.4 is 5.73 Å². The number of ketones is 1. The average Bonchev–Trinajstić information content (AvgIpc) is 2.27. The van der Waals surface area contributed by atoms with E-state index in [2.05, 4.69) is 0 Å². The molecule has 0 fully saturated rings. The van der Waals surface area contributed by atoms with Gasteiger partial charge in [0.15, 0.2) is 0 Å². The lowest BCUT2D eigenvalue weighted by molar-refractivity contribution is -0.131.